The molecule has 0 aliphatic carbocycles. The maximum Gasteiger partial charge on any atom is 0.135 e. The van der Waals surface area contributed by atoms with Crippen molar-refractivity contribution < 1.29 is 28.9 Å². The van der Waals surface area contributed by atoms with E-state index in [1.54, 1.807) is 19.2 Å². The smallest absolute Gasteiger partial charge is 0.135 e. The van der Waals surface area contributed by atoms with Crippen LogP contribution in [0.5, 0.6) is 0 Å². The van der Waals surface area contributed by atoms with Gasteiger partial charge in [-0.25, -0.2) is 8.78 Å². The molecule has 4 heteroatoms. The Morgan fingerprint density at radius 3 is 2.35 bits per heavy atom. The normalized spacial score (nSPS) is 9.88. The van der Waals surface area contributed by atoms with Crippen molar-refractivity contribution >= 4 is 0 Å². The third kappa shape index (κ3) is 2.76. The van der Waals surface area contributed by atoms with Gasteiger partial charge in [0.2, 0.25) is 0 Å². The van der Waals surface area contributed by atoms with Crippen LogP contribution in [-0.2, 0) is 20.1 Å². The fraction of sp³-hybridized carbons (Fsp3) is 0.154. The van der Waals surface area contributed by atoms with E-state index >= 15 is 0 Å². The second kappa shape index (κ2) is 5.48. The molecule has 17 heavy (non-hydrogen) atoms. The van der Waals surface area contributed by atoms with Gasteiger partial charge in [-0.3, -0.25) is 4.98 Å². The SMILES string of the molecule is Cc1cccnc1-c1c(C)cc(F)cc1F.[Ir]. The standard InChI is InChI=1S/C13H11F2N.Ir/c1-8-4-3-5-16-13(8)12-9(2)6-10(14)7-11(12)15;/h3-7H,1-2H3;. The van der Waals surface area contributed by atoms with E-state index < -0.39 is 11.6 Å². The Morgan fingerprint density at radius 1 is 1.06 bits per heavy atom. The first kappa shape index (κ1) is 13.9. The number of aromatic nitrogens is 1. The molecule has 1 heterocycles. The minimum absolute atomic E-state index is 0. The fourth-order valence-electron chi connectivity index (χ4n) is 1.75. The van der Waals surface area contributed by atoms with Gasteiger partial charge in [-0.1, -0.05) is 6.07 Å². The number of hydrogen-bond donors (Lipinski definition) is 0. The average Bonchev–Trinajstić information content (AvgIpc) is 2.19. The number of hydrogen-bond acceptors (Lipinski definition) is 1. The summed E-state index contributed by atoms with van der Waals surface area (Å²) in [5.74, 6) is -1.13. The van der Waals surface area contributed by atoms with Crippen molar-refractivity contribution in [1.82, 2.24) is 4.98 Å². The van der Waals surface area contributed by atoms with E-state index in [1.807, 2.05) is 13.0 Å². The summed E-state index contributed by atoms with van der Waals surface area (Å²) >= 11 is 0. The van der Waals surface area contributed by atoms with Crippen molar-refractivity contribution in [2.75, 3.05) is 0 Å². The molecule has 0 N–H and O–H groups in total. The van der Waals surface area contributed by atoms with Gasteiger partial charge in [-0.2, -0.15) is 0 Å². The summed E-state index contributed by atoms with van der Waals surface area (Å²) in [6, 6.07) is 5.84. The second-order valence-electron chi connectivity index (χ2n) is 3.75. The van der Waals surface area contributed by atoms with Crippen molar-refractivity contribution in [2.45, 2.75) is 13.8 Å². The van der Waals surface area contributed by atoms with Crippen molar-refractivity contribution in [3.8, 4) is 11.3 Å². The molecule has 0 atom stereocenters. The molecule has 2 aromatic rings. The molecule has 0 unspecified atom stereocenters. The summed E-state index contributed by atoms with van der Waals surface area (Å²) in [7, 11) is 0. The molecule has 0 fully saturated rings. The number of rotatable bonds is 1. The van der Waals surface area contributed by atoms with Gasteiger partial charge in [-0.15, -0.1) is 0 Å². The number of halogens is 2. The predicted octanol–water partition coefficient (Wildman–Crippen LogP) is 3.64. The van der Waals surface area contributed by atoms with Crippen LogP contribution in [0.4, 0.5) is 8.78 Å². The topological polar surface area (TPSA) is 12.9 Å². The van der Waals surface area contributed by atoms with Gasteiger partial charge in [0, 0.05) is 37.9 Å². The maximum absolute atomic E-state index is 13.7. The molecule has 1 aromatic carbocycles. The first-order chi connectivity index (χ1) is 7.59. The van der Waals surface area contributed by atoms with Crippen LogP contribution in [0.15, 0.2) is 30.5 Å². The van der Waals surface area contributed by atoms with Crippen molar-refractivity contribution in [1.29, 1.82) is 0 Å². The van der Waals surface area contributed by atoms with Crippen LogP contribution in [0.25, 0.3) is 11.3 Å². The van der Waals surface area contributed by atoms with Gasteiger partial charge in [0.15, 0.2) is 0 Å². The number of benzene rings is 1. The molecule has 0 saturated heterocycles. The molecule has 1 radical (unpaired) electrons. The zero-order chi connectivity index (χ0) is 11.7. The summed E-state index contributed by atoms with van der Waals surface area (Å²) in [5, 5.41) is 0. The maximum atomic E-state index is 13.7. The van der Waals surface area contributed by atoms with E-state index in [2.05, 4.69) is 4.98 Å². The van der Waals surface area contributed by atoms with E-state index in [1.165, 1.54) is 6.07 Å². The summed E-state index contributed by atoms with van der Waals surface area (Å²) in [5.41, 5.74) is 2.37. The van der Waals surface area contributed by atoms with Crippen LogP contribution in [0.3, 0.4) is 0 Å². The van der Waals surface area contributed by atoms with Crippen LogP contribution in [0.2, 0.25) is 0 Å². The molecule has 91 valence electrons. The Labute approximate surface area is 112 Å². The molecule has 1 nitrogen and oxygen atoms in total. The average molecular weight is 411 g/mol. The summed E-state index contributed by atoms with van der Waals surface area (Å²) in [6.07, 6.45) is 1.60. The van der Waals surface area contributed by atoms with E-state index in [0.29, 0.717) is 16.8 Å². The van der Waals surface area contributed by atoms with Gasteiger partial charge in [0.1, 0.15) is 11.6 Å². The largest absolute Gasteiger partial charge is 0.256 e. The second-order valence-corrected chi connectivity index (χ2v) is 3.75. The Balaban J connectivity index is 0.00000144. The van der Waals surface area contributed by atoms with Gasteiger partial charge in [0.05, 0.1) is 5.69 Å². The monoisotopic (exact) mass is 412 g/mol. The summed E-state index contributed by atoms with van der Waals surface area (Å²) in [6.45, 7) is 3.53. The van der Waals surface area contributed by atoms with Gasteiger partial charge >= 0.3 is 0 Å². The zero-order valence-corrected chi connectivity index (χ0v) is 11.8. The minimum Gasteiger partial charge on any atom is -0.256 e. The van der Waals surface area contributed by atoms with Gasteiger partial charge < -0.3 is 0 Å². The van der Waals surface area contributed by atoms with Crippen molar-refractivity contribution in [2.24, 2.45) is 0 Å². The molecule has 0 spiro atoms. The van der Waals surface area contributed by atoms with Crippen molar-refractivity contribution in [3.05, 3.63) is 53.2 Å². The number of pyridine rings is 1. The number of nitrogens with zero attached hydrogens (tertiary/aromatic N) is 1. The van der Waals surface area contributed by atoms with E-state index in [0.717, 1.165) is 11.6 Å². The Kier molecular flexibility index (Phi) is 4.49. The van der Waals surface area contributed by atoms with Crippen LogP contribution >= 0.6 is 0 Å². The van der Waals surface area contributed by atoms with E-state index in [9.17, 15) is 8.78 Å². The molecule has 0 amide bonds. The Bertz CT molecular complexity index is 518. The first-order valence-electron chi connectivity index (χ1n) is 4.97. The number of aryl methyl sites for hydroxylation is 2. The predicted molar refractivity (Wildman–Crippen MR) is 59.1 cm³/mol. The van der Waals surface area contributed by atoms with Crippen LogP contribution in [0, 0.1) is 25.5 Å². The molecule has 0 aliphatic heterocycles. The van der Waals surface area contributed by atoms with Crippen molar-refractivity contribution in [3.63, 3.8) is 0 Å². The summed E-state index contributed by atoms with van der Waals surface area (Å²) in [4.78, 5) is 4.14. The van der Waals surface area contributed by atoms with Crippen LogP contribution < -0.4 is 0 Å². The molecule has 1 aromatic heterocycles. The van der Waals surface area contributed by atoms with E-state index in [-0.39, 0.29) is 20.1 Å². The van der Waals surface area contributed by atoms with Gasteiger partial charge in [0.25, 0.3) is 0 Å². The third-order valence-corrected chi connectivity index (χ3v) is 2.50. The Morgan fingerprint density at radius 2 is 1.76 bits per heavy atom. The fourth-order valence-corrected chi connectivity index (χ4v) is 1.75. The summed E-state index contributed by atoms with van der Waals surface area (Å²) < 4.78 is 26.7. The third-order valence-electron chi connectivity index (χ3n) is 2.50. The molecular weight excluding hydrogens is 400 g/mol. The first-order valence-corrected chi connectivity index (χ1v) is 4.97. The zero-order valence-electron chi connectivity index (χ0n) is 9.42. The van der Waals surface area contributed by atoms with Gasteiger partial charge in [-0.05, 0) is 37.1 Å². The molecular formula is C13H11F2IrN. The van der Waals surface area contributed by atoms with Crippen LogP contribution in [0.1, 0.15) is 11.1 Å². The van der Waals surface area contributed by atoms with E-state index in [4.69, 9.17) is 0 Å². The molecule has 0 saturated carbocycles. The Hall–Kier alpha value is -1.12. The quantitative estimate of drug-likeness (QED) is 0.698. The molecule has 0 aliphatic rings. The minimum atomic E-state index is -0.570. The molecule has 2 rings (SSSR count). The molecule has 0 bridgehead atoms. The van der Waals surface area contributed by atoms with Crippen LogP contribution in [-0.4, -0.2) is 4.98 Å².